The molecule has 150 valence electrons. The fraction of sp³-hybridized carbons (Fsp3) is 0.435. The van der Waals surface area contributed by atoms with E-state index in [9.17, 15) is 4.79 Å². The second kappa shape index (κ2) is 9.00. The zero-order valence-corrected chi connectivity index (χ0v) is 17.2. The lowest BCUT2D eigenvalue weighted by Gasteiger charge is -2.23. The van der Waals surface area contributed by atoms with Gasteiger partial charge in [0, 0.05) is 13.6 Å². The summed E-state index contributed by atoms with van der Waals surface area (Å²) in [4.78, 5) is 14.4. The van der Waals surface area contributed by atoms with E-state index in [4.69, 9.17) is 14.2 Å². The summed E-state index contributed by atoms with van der Waals surface area (Å²) in [6.45, 7) is 2.27. The van der Waals surface area contributed by atoms with E-state index in [-0.39, 0.29) is 5.91 Å². The molecule has 0 saturated heterocycles. The molecule has 0 aliphatic heterocycles. The minimum atomic E-state index is -0.549. The van der Waals surface area contributed by atoms with Gasteiger partial charge in [-0.15, -0.1) is 0 Å². The molecule has 2 aromatic carbocycles. The van der Waals surface area contributed by atoms with Crippen molar-refractivity contribution in [3.8, 4) is 17.2 Å². The molecule has 0 aromatic heterocycles. The van der Waals surface area contributed by atoms with Gasteiger partial charge in [-0.2, -0.15) is 0 Å². The zero-order valence-electron chi connectivity index (χ0n) is 17.2. The topological polar surface area (TPSA) is 48.0 Å². The number of rotatable bonds is 7. The van der Waals surface area contributed by atoms with Crippen LogP contribution < -0.4 is 14.2 Å². The molecule has 0 heterocycles. The molecule has 1 aliphatic rings. The van der Waals surface area contributed by atoms with Gasteiger partial charge in [-0.3, -0.25) is 4.79 Å². The standard InChI is InChI=1S/C23H29NO4/c1-16(28-20-11-10-18-7-5-6-8-19(18)14-20)23(25)24(2)15-17-9-12-21(26-3)22(13-17)27-4/h9-14,16H,5-8,15H2,1-4H3. The third-order valence-corrected chi connectivity index (χ3v) is 5.22. The molecule has 3 rings (SSSR count). The Balaban J connectivity index is 1.62. The molecule has 0 N–H and O–H groups in total. The smallest absolute Gasteiger partial charge is 0.263 e. The normalized spacial score (nSPS) is 14.0. The molecular formula is C23H29NO4. The summed E-state index contributed by atoms with van der Waals surface area (Å²) in [5.41, 5.74) is 3.72. The number of amides is 1. The Hall–Kier alpha value is -2.69. The number of nitrogens with zero attached hydrogens (tertiary/aromatic N) is 1. The highest BCUT2D eigenvalue weighted by Crippen LogP contribution is 2.28. The highest BCUT2D eigenvalue weighted by Gasteiger charge is 2.20. The van der Waals surface area contributed by atoms with Crippen LogP contribution in [-0.2, 0) is 24.2 Å². The van der Waals surface area contributed by atoms with E-state index in [0.29, 0.717) is 18.0 Å². The van der Waals surface area contributed by atoms with Crippen LogP contribution >= 0.6 is 0 Å². The average molecular weight is 383 g/mol. The van der Waals surface area contributed by atoms with Gasteiger partial charge in [0.2, 0.25) is 0 Å². The minimum absolute atomic E-state index is 0.0625. The molecule has 0 fully saturated rings. The van der Waals surface area contributed by atoms with Crippen molar-refractivity contribution in [2.75, 3.05) is 21.3 Å². The van der Waals surface area contributed by atoms with Gasteiger partial charge in [0.1, 0.15) is 5.75 Å². The van der Waals surface area contributed by atoms with Crippen LogP contribution in [-0.4, -0.2) is 38.2 Å². The quantitative estimate of drug-likeness (QED) is 0.725. The van der Waals surface area contributed by atoms with E-state index in [0.717, 1.165) is 24.2 Å². The van der Waals surface area contributed by atoms with E-state index >= 15 is 0 Å². The SMILES string of the molecule is COc1ccc(CN(C)C(=O)C(C)Oc2ccc3c(c2)CCCC3)cc1OC. The number of fused-ring (bicyclic) bond motifs is 1. The molecule has 0 bridgehead atoms. The Kier molecular flexibility index (Phi) is 6.45. The Morgan fingerprint density at radius 3 is 2.43 bits per heavy atom. The largest absolute Gasteiger partial charge is 0.493 e. The Labute approximate surface area is 167 Å². The maximum absolute atomic E-state index is 12.8. The first-order chi connectivity index (χ1) is 13.5. The van der Waals surface area contributed by atoms with Crippen LogP contribution in [0.1, 0.15) is 36.5 Å². The van der Waals surface area contributed by atoms with Gasteiger partial charge in [-0.1, -0.05) is 12.1 Å². The van der Waals surface area contributed by atoms with Crippen molar-refractivity contribution in [1.29, 1.82) is 0 Å². The lowest BCUT2D eigenvalue weighted by Crippen LogP contribution is -2.37. The first-order valence-electron chi connectivity index (χ1n) is 9.76. The number of aryl methyl sites for hydroxylation is 2. The molecule has 5 heteroatoms. The van der Waals surface area contributed by atoms with E-state index < -0.39 is 6.10 Å². The predicted octanol–water partition coefficient (Wildman–Crippen LogP) is 4.01. The number of carbonyl (C=O) groups is 1. The molecular weight excluding hydrogens is 354 g/mol. The third-order valence-electron chi connectivity index (χ3n) is 5.22. The number of methoxy groups -OCH3 is 2. The van der Waals surface area contributed by atoms with Crippen molar-refractivity contribution in [1.82, 2.24) is 4.90 Å². The van der Waals surface area contributed by atoms with Crippen LogP contribution in [0.4, 0.5) is 0 Å². The van der Waals surface area contributed by atoms with Crippen LogP contribution in [0.25, 0.3) is 0 Å². The van der Waals surface area contributed by atoms with E-state index in [2.05, 4.69) is 12.1 Å². The molecule has 5 nitrogen and oxygen atoms in total. The second-order valence-electron chi connectivity index (χ2n) is 7.28. The van der Waals surface area contributed by atoms with Gasteiger partial charge in [0.05, 0.1) is 14.2 Å². The number of carbonyl (C=O) groups excluding carboxylic acids is 1. The van der Waals surface area contributed by atoms with Crippen molar-refractivity contribution in [2.24, 2.45) is 0 Å². The van der Waals surface area contributed by atoms with E-state index in [1.165, 1.54) is 24.0 Å². The molecule has 1 amide bonds. The molecule has 1 unspecified atom stereocenters. The van der Waals surface area contributed by atoms with Gasteiger partial charge in [0.15, 0.2) is 17.6 Å². The van der Waals surface area contributed by atoms with Crippen molar-refractivity contribution < 1.29 is 19.0 Å². The fourth-order valence-electron chi connectivity index (χ4n) is 3.68. The zero-order chi connectivity index (χ0) is 20.1. The maximum atomic E-state index is 12.8. The molecule has 2 aromatic rings. The minimum Gasteiger partial charge on any atom is -0.493 e. The number of hydrogen-bond acceptors (Lipinski definition) is 4. The molecule has 1 aliphatic carbocycles. The summed E-state index contributed by atoms with van der Waals surface area (Å²) < 4.78 is 16.5. The lowest BCUT2D eigenvalue weighted by atomic mass is 9.92. The summed E-state index contributed by atoms with van der Waals surface area (Å²) in [7, 11) is 4.99. The van der Waals surface area contributed by atoms with Gasteiger partial charge >= 0.3 is 0 Å². The Morgan fingerprint density at radius 1 is 1.00 bits per heavy atom. The van der Waals surface area contributed by atoms with Gasteiger partial charge in [-0.05, 0) is 73.6 Å². The summed E-state index contributed by atoms with van der Waals surface area (Å²) in [5, 5.41) is 0. The summed E-state index contributed by atoms with van der Waals surface area (Å²) in [5.74, 6) is 2.03. The Bertz CT molecular complexity index is 784. The van der Waals surface area contributed by atoms with E-state index in [1.807, 2.05) is 24.3 Å². The van der Waals surface area contributed by atoms with Crippen LogP contribution in [0, 0.1) is 0 Å². The average Bonchev–Trinajstić information content (AvgIpc) is 2.72. The highest BCUT2D eigenvalue weighted by molar-refractivity contribution is 5.80. The van der Waals surface area contributed by atoms with Gasteiger partial charge < -0.3 is 19.1 Å². The van der Waals surface area contributed by atoms with Crippen molar-refractivity contribution in [3.63, 3.8) is 0 Å². The number of likely N-dealkylation sites (N-methyl/N-ethyl adjacent to an activating group) is 1. The van der Waals surface area contributed by atoms with E-state index in [1.54, 1.807) is 33.1 Å². The van der Waals surface area contributed by atoms with Crippen molar-refractivity contribution in [2.45, 2.75) is 45.3 Å². The molecule has 28 heavy (non-hydrogen) atoms. The number of ether oxygens (including phenoxy) is 3. The first-order valence-corrected chi connectivity index (χ1v) is 9.76. The van der Waals surface area contributed by atoms with Crippen LogP contribution in [0.15, 0.2) is 36.4 Å². The van der Waals surface area contributed by atoms with Gasteiger partial charge in [0.25, 0.3) is 5.91 Å². The van der Waals surface area contributed by atoms with Crippen molar-refractivity contribution in [3.05, 3.63) is 53.1 Å². The highest BCUT2D eigenvalue weighted by atomic mass is 16.5. The third kappa shape index (κ3) is 4.58. The first kappa shape index (κ1) is 20.1. The molecule has 1 atom stereocenters. The van der Waals surface area contributed by atoms with Gasteiger partial charge in [-0.25, -0.2) is 0 Å². The Morgan fingerprint density at radius 2 is 1.71 bits per heavy atom. The van der Waals surface area contributed by atoms with Crippen molar-refractivity contribution >= 4 is 5.91 Å². The summed E-state index contributed by atoms with van der Waals surface area (Å²) in [6, 6.07) is 11.9. The maximum Gasteiger partial charge on any atom is 0.263 e. The number of hydrogen-bond donors (Lipinski definition) is 0. The summed E-state index contributed by atoms with van der Waals surface area (Å²) in [6.07, 6.45) is 4.15. The fourth-order valence-corrected chi connectivity index (χ4v) is 3.68. The second-order valence-corrected chi connectivity index (χ2v) is 7.28. The lowest BCUT2D eigenvalue weighted by molar-refractivity contribution is -0.137. The van der Waals surface area contributed by atoms with Crippen LogP contribution in [0.5, 0.6) is 17.2 Å². The molecule has 0 radical (unpaired) electrons. The monoisotopic (exact) mass is 383 g/mol. The van der Waals surface area contributed by atoms with Crippen LogP contribution in [0.2, 0.25) is 0 Å². The summed E-state index contributed by atoms with van der Waals surface area (Å²) >= 11 is 0. The predicted molar refractivity (Wildman–Crippen MR) is 109 cm³/mol. The number of benzene rings is 2. The molecule has 0 spiro atoms. The molecule has 0 saturated carbocycles. The van der Waals surface area contributed by atoms with Crippen LogP contribution in [0.3, 0.4) is 0 Å².